The van der Waals surface area contributed by atoms with E-state index in [9.17, 15) is 4.79 Å². The van der Waals surface area contributed by atoms with Crippen molar-refractivity contribution in [2.75, 3.05) is 5.32 Å². The minimum atomic E-state index is 0.194. The number of carbonyl (C=O) groups excluding carboxylic acids is 1. The second kappa shape index (κ2) is 4.34. The zero-order valence-corrected chi connectivity index (χ0v) is 10.4. The number of halogens is 1. The number of hydrogen-bond acceptors (Lipinski definition) is 1. The van der Waals surface area contributed by atoms with E-state index < -0.39 is 0 Å². The van der Waals surface area contributed by atoms with Gasteiger partial charge in [-0.3, -0.25) is 4.79 Å². The third kappa shape index (κ3) is 2.19. The molecular weight excluding hydrogens is 234 g/mol. The molecule has 0 radical (unpaired) electrons. The summed E-state index contributed by atoms with van der Waals surface area (Å²) in [6, 6.07) is 7.32. The lowest BCUT2D eigenvalue weighted by Crippen LogP contribution is -2.27. The number of amides is 1. The molecule has 2 fully saturated rings. The molecule has 2 aliphatic carbocycles. The number of fused-ring (bicyclic) bond motifs is 2. The second-order valence-electron chi connectivity index (χ2n) is 5.28. The quantitative estimate of drug-likeness (QED) is 0.851. The Labute approximate surface area is 106 Å². The number of hydrogen-bond donors (Lipinski definition) is 1. The molecule has 1 aromatic carbocycles. The van der Waals surface area contributed by atoms with Crippen LogP contribution in [0.25, 0.3) is 0 Å². The van der Waals surface area contributed by atoms with Crippen LogP contribution < -0.4 is 5.32 Å². The predicted octanol–water partition coefficient (Wildman–Crippen LogP) is 3.71. The first kappa shape index (κ1) is 11.1. The van der Waals surface area contributed by atoms with E-state index in [0.29, 0.717) is 10.9 Å². The summed E-state index contributed by atoms with van der Waals surface area (Å²) >= 11 is 5.81. The van der Waals surface area contributed by atoms with E-state index in [-0.39, 0.29) is 11.8 Å². The first-order valence-electron chi connectivity index (χ1n) is 6.29. The summed E-state index contributed by atoms with van der Waals surface area (Å²) in [4.78, 5) is 12.1. The summed E-state index contributed by atoms with van der Waals surface area (Å²) in [6.07, 6.45) is 4.92. The topological polar surface area (TPSA) is 29.1 Å². The Morgan fingerprint density at radius 3 is 2.53 bits per heavy atom. The fourth-order valence-corrected chi connectivity index (χ4v) is 3.46. The molecule has 1 N–H and O–H groups in total. The van der Waals surface area contributed by atoms with Crippen molar-refractivity contribution in [2.45, 2.75) is 25.7 Å². The molecule has 17 heavy (non-hydrogen) atoms. The number of carbonyl (C=O) groups is 1. The van der Waals surface area contributed by atoms with Crippen LogP contribution >= 0.6 is 11.6 Å². The molecule has 1 aromatic rings. The van der Waals surface area contributed by atoms with Crippen molar-refractivity contribution >= 4 is 23.2 Å². The van der Waals surface area contributed by atoms with E-state index in [1.54, 1.807) is 12.1 Å². The first-order chi connectivity index (χ1) is 8.22. The maximum absolute atomic E-state index is 12.1. The van der Waals surface area contributed by atoms with Crippen LogP contribution in [0.15, 0.2) is 24.3 Å². The van der Waals surface area contributed by atoms with Crippen molar-refractivity contribution in [3.05, 3.63) is 29.3 Å². The van der Waals surface area contributed by atoms with Crippen LogP contribution in [0.4, 0.5) is 5.69 Å². The molecule has 0 saturated heterocycles. The van der Waals surface area contributed by atoms with Crippen molar-refractivity contribution in [3.63, 3.8) is 0 Å². The van der Waals surface area contributed by atoms with E-state index in [4.69, 9.17) is 11.6 Å². The number of benzene rings is 1. The van der Waals surface area contributed by atoms with Crippen LogP contribution in [0.2, 0.25) is 5.02 Å². The van der Waals surface area contributed by atoms with Gasteiger partial charge in [-0.2, -0.15) is 0 Å². The van der Waals surface area contributed by atoms with Crippen molar-refractivity contribution in [1.82, 2.24) is 0 Å². The standard InChI is InChI=1S/C14H16ClNO/c15-11-3-5-12(6-4-11)16-14(17)13-8-9-1-2-10(13)7-9/h3-6,9-10,13H,1-2,7-8H2,(H,16,17). The average molecular weight is 250 g/mol. The van der Waals surface area contributed by atoms with Gasteiger partial charge in [-0.15, -0.1) is 0 Å². The minimum Gasteiger partial charge on any atom is -0.326 e. The number of rotatable bonds is 2. The predicted molar refractivity (Wildman–Crippen MR) is 69.0 cm³/mol. The van der Waals surface area contributed by atoms with Gasteiger partial charge in [-0.05, 0) is 55.4 Å². The summed E-state index contributed by atoms with van der Waals surface area (Å²) in [5.74, 6) is 1.87. The SMILES string of the molecule is O=C(Nc1ccc(Cl)cc1)C1CC2CCC1C2. The number of nitrogens with one attached hydrogen (secondary N) is 1. The molecule has 90 valence electrons. The van der Waals surface area contributed by atoms with E-state index in [1.807, 2.05) is 12.1 Å². The maximum atomic E-state index is 12.1. The maximum Gasteiger partial charge on any atom is 0.227 e. The molecule has 2 nitrogen and oxygen atoms in total. The van der Waals surface area contributed by atoms with Gasteiger partial charge in [-0.25, -0.2) is 0 Å². The Balaban J connectivity index is 1.65. The van der Waals surface area contributed by atoms with Gasteiger partial charge in [0.05, 0.1) is 0 Å². The highest BCUT2D eigenvalue weighted by molar-refractivity contribution is 6.30. The molecule has 0 aromatic heterocycles. The lowest BCUT2D eigenvalue weighted by molar-refractivity contribution is -0.121. The van der Waals surface area contributed by atoms with E-state index in [0.717, 1.165) is 18.0 Å². The second-order valence-corrected chi connectivity index (χ2v) is 5.71. The lowest BCUT2D eigenvalue weighted by atomic mass is 9.88. The van der Waals surface area contributed by atoms with Crippen molar-refractivity contribution in [3.8, 4) is 0 Å². The molecule has 3 unspecified atom stereocenters. The largest absolute Gasteiger partial charge is 0.326 e. The molecule has 2 bridgehead atoms. The van der Waals surface area contributed by atoms with Gasteiger partial charge in [0.2, 0.25) is 5.91 Å². The minimum absolute atomic E-state index is 0.194. The first-order valence-corrected chi connectivity index (χ1v) is 6.66. The highest BCUT2D eigenvalue weighted by Crippen LogP contribution is 2.48. The van der Waals surface area contributed by atoms with E-state index in [1.165, 1.54) is 19.3 Å². The Kier molecular flexibility index (Phi) is 2.83. The van der Waals surface area contributed by atoms with Gasteiger partial charge in [0.25, 0.3) is 0 Å². The monoisotopic (exact) mass is 249 g/mol. The van der Waals surface area contributed by atoms with Crippen LogP contribution in [0.1, 0.15) is 25.7 Å². The summed E-state index contributed by atoms with van der Waals surface area (Å²) in [5.41, 5.74) is 0.849. The molecule has 2 aliphatic rings. The Hall–Kier alpha value is -1.02. The summed E-state index contributed by atoms with van der Waals surface area (Å²) in [6.45, 7) is 0. The van der Waals surface area contributed by atoms with Gasteiger partial charge in [0.15, 0.2) is 0 Å². The molecule has 2 saturated carbocycles. The average Bonchev–Trinajstić information content (AvgIpc) is 2.94. The van der Waals surface area contributed by atoms with Gasteiger partial charge >= 0.3 is 0 Å². The molecule has 1 amide bonds. The van der Waals surface area contributed by atoms with Gasteiger partial charge < -0.3 is 5.32 Å². The lowest BCUT2D eigenvalue weighted by Gasteiger charge is -2.20. The fraction of sp³-hybridized carbons (Fsp3) is 0.500. The van der Waals surface area contributed by atoms with Crippen LogP contribution in [-0.4, -0.2) is 5.91 Å². The van der Waals surface area contributed by atoms with Crippen LogP contribution in [0.5, 0.6) is 0 Å². The molecule has 0 heterocycles. The van der Waals surface area contributed by atoms with Crippen molar-refractivity contribution < 1.29 is 4.79 Å². The van der Waals surface area contributed by atoms with Gasteiger partial charge in [-0.1, -0.05) is 18.0 Å². The zero-order chi connectivity index (χ0) is 11.8. The van der Waals surface area contributed by atoms with E-state index in [2.05, 4.69) is 5.32 Å². The van der Waals surface area contributed by atoms with Gasteiger partial charge in [0, 0.05) is 16.6 Å². The fourth-order valence-electron chi connectivity index (χ4n) is 3.33. The summed E-state index contributed by atoms with van der Waals surface area (Å²) < 4.78 is 0. The van der Waals surface area contributed by atoms with Gasteiger partial charge in [0.1, 0.15) is 0 Å². The van der Waals surface area contributed by atoms with Crippen molar-refractivity contribution in [2.24, 2.45) is 17.8 Å². The Bertz CT molecular complexity index is 428. The van der Waals surface area contributed by atoms with E-state index >= 15 is 0 Å². The van der Waals surface area contributed by atoms with Crippen LogP contribution in [0, 0.1) is 17.8 Å². The van der Waals surface area contributed by atoms with Crippen molar-refractivity contribution in [1.29, 1.82) is 0 Å². The zero-order valence-electron chi connectivity index (χ0n) is 9.66. The molecular formula is C14H16ClNO. The Morgan fingerprint density at radius 1 is 1.18 bits per heavy atom. The molecule has 0 aliphatic heterocycles. The highest BCUT2D eigenvalue weighted by atomic mass is 35.5. The normalized spacial score (nSPS) is 30.5. The third-order valence-electron chi connectivity index (χ3n) is 4.19. The molecule has 3 rings (SSSR count). The molecule has 0 spiro atoms. The number of anilines is 1. The summed E-state index contributed by atoms with van der Waals surface area (Å²) in [5, 5.41) is 3.70. The highest BCUT2D eigenvalue weighted by Gasteiger charge is 2.42. The smallest absolute Gasteiger partial charge is 0.227 e. The molecule has 3 atom stereocenters. The Morgan fingerprint density at radius 2 is 1.94 bits per heavy atom. The van der Waals surface area contributed by atoms with Crippen LogP contribution in [0.3, 0.4) is 0 Å². The summed E-state index contributed by atoms with van der Waals surface area (Å²) in [7, 11) is 0. The molecule has 3 heteroatoms. The third-order valence-corrected chi connectivity index (χ3v) is 4.44. The van der Waals surface area contributed by atoms with Crippen LogP contribution in [-0.2, 0) is 4.79 Å².